The second-order valence-electron chi connectivity index (χ2n) is 5.72. The third-order valence-electron chi connectivity index (χ3n) is 4.18. The molecule has 0 spiro atoms. The fraction of sp³-hybridized carbons (Fsp3) is 0.389. The van der Waals surface area contributed by atoms with Gasteiger partial charge in [-0.15, -0.1) is 0 Å². The minimum Gasteiger partial charge on any atom is -0.468 e. The molecule has 0 unspecified atom stereocenters. The minimum atomic E-state index is 0.289. The molecule has 0 saturated carbocycles. The van der Waals surface area contributed by atoms with E-state index in [0.29, 0.717) is 5.56 Å². The Bertz CT molecular complexity index is 624. The first-order valence-electron chi connectivity index (χ1n) is 7.84. The zero-order valence-corrected chi connectivity index (χ0v) is 12.7. The van der Waals surface area contributed by atoms with Crippen LogP contribution in [-0.2, 0) is 6.54 Å². The Morgan fingerprint density at radius 2 is 2.09 bits per heavy atom. The summed E-state index contributed by atoms with van der Waals surface area (Å²) in [7, 11) is 0. The van der Waals surface area contributed by atoms with Crippen LogP contribution in [0, 0.1) is 11.3 Å². The van der Waals surface area contributed by atoms with Crippen molar-refractivity contribution < 1.29 is 4.42 Å². The van der Waals surface area contributed by atoms with Crippen molar-refractivity contribution in [2.45, 2.75) is 25.4 Å². The van der Waals surface area contributed by atoms with Gasteiger partial charge < -0.3 is 9.73 Å². The van der Waals surface area contributed by atoms with E-state index >= 15 is 0 Å². The van der Waals surface area contributed by atoms with Crippen molar-refractivity contribution in [2.24, 2.45) is 0 Å². The molecule has 0 amide bonds. The van der Waals surface area contributed by atoms with Crippen molar-refractivity contribution in [1.29, 1.82) is 5.26 Å². The van der Waals surface area contributed by atoms with Crippen LogP contribution in [0.5, 0.6) is 0 Å². The number of furan rings is 1. The summed E-state index contributed by atoms with van der Waals surface area (Å²) in [5.41, 5.74) is 1.85. The standard InChI is InChI=1S/C18H21N3O/c19-12-15-5-3-6-16(11-15)13-20-14-17(18-7-4-10-22-18)21-8-1-2-9-21/h3-7,10-11,17,20H,1-2,8-9,13-14H2/t17-/m0/s1. The van der Waals surface area contributed by atoms with Gasteiger partial charge in [0.1, 0.15) is 5.76 Å². The van der Waals surface area contributed by atoms with E-state index in [4.69, 9.17) is 9.68 Å². The molecule has 1 aromatic heterocycles. The molecule has 1 aliphatic heterocycles. The maximum atomic E-state index is 8.95. The normalized spacial score (nSPS) is 16.5. The van der Waals surface area contributed by atoms with Crippen molar-refractivity contribution >= 4 is 0 Å². The Morgan fingerprint density at radius 3 is 2.82 bits per heavy atom. The molecule has 1 aliphatic rings. The Balaban J connectivity index is 1.60. The third kappa shape index (κ3) is 3.56. The second kappa shape index (κ2) is 7.26. The molecule has 0 bridgehead atoms. The minimum absolute atomic E-state index is 0.289. The summed E-state index contributed by atoms with van der Waals surface area (Å²) in [6.45, 7) is 3.89. The number of benzene rings is 1. The van der Waals surface area contributed by atoms with Gasteiger partial charge >= 0.3 is 0 Å². The third-order valence-corrected chi connectivity index (χ3v) is 4.18. The molecule has 1 saturated heterocycles. The van der Waals surface area contributed by atoms with Crippen molar-refractivity contribution in [1.82, 2.24) is 10.2 Å². The Labute approximate surface area is 131 Å². The maximum absolute atomic E-state index is 8.95. The Kier molecular flexibility index (Phi) is 4.89. The summed E-state index contributed by atoms with van der Waals surface area (Å²) in [4.78, 5) is 2.48. The second-order valence-corrected chi connectivity index (χ2v) is 5.72. The molecule has 4 nitrogen and oxygen atoms in total. The van der Waals surface area contributed by atoms with Crippen LogP contribution in [0.3, 0.4) is 0 Å². The Hall–Kier alpha value is -2.09. The van der Waals surface area contributed by atoms with Crippen LogP contribution in [0.25, 0.3) is 0 Å². The molecule has 2 aromatic rings. The van der Waals surface area contributed by atoms with E-state index in [9.17, 15) is 0 Å². The van der Waals surface area contributed by atoms with Gasteiger partial charge in [0.15, 0.2) is 0 Å². The molecule has 3 rings (SSSR count). The van der Waals surface area contributed by atoms with E-state index in [1.54, 1.807) is 6.26 Å². The highest BCUT2D eigenvalue weighted by Crippen LogP contribution is 2.24. The molecule has 1 aromatic carbocycles. The van der Waals surface area contributed by atoms with Gasteiger partial charge in [-0.05, 0) is 55.8 Å². The number of likely N-dealkylation sites (tertiary alicyclic amines) is 1. The summed E-state index contributed by atoms with van der Waals surface area (Å²) in [6.07, 6.45) is 4.28. The lowest BCUT2D eigenvalue weighted by atomic mass is 10.1. The average Bonchev–Trinajstić information content (AvgIpc) is 3.25. The van der Waals surface area contributed by atoms with E-state index in [1.165, 1.54) is 12.8 Å². The lowest BCUT2D eigenvalue weighted by molar-refractivity contribution is 0.209. The molecule has 1 N–H and O–H groups in total. The van der Waals surface area contributed by atoms with E-state index in [2.05, 4.69) is 22.4 Å². The van der Waals surface area contributed by atoms with Gasteiger partial charge in [0.2, 0.25) is 0 Å². The molecule has 114 valence electrons. The number of hydrogen-bond acceptors (Lipinski definition) is 4. The van der Waals surface area contributed by atoms with Gasteiger partial charge in [0.25, 0.3) is 0 Å². The van der Waals surface area contributed by atoms with Crippen molar-refractivity contribution in [3.8, 4) is 6.07 Å². The highest BCUT2D eigenvalue weighted by atomic mass is 16.3. The first-order chi connectivity index (χ1) is 10.9. The molecule has 0 radical (unpaired) electrons. The van der Waals surface area contributed by atoms with Crippen LogP contribution in [0.2, 0.25) is 0 Å². The van der Waals surface area contributed by atoms with Crippen molar-refractivity contribution in [2.75, 3.05) is 19.6 Å². The van der Waals surface area contributed by atoms with E-state index in [1.807, 2.05) is 30.3 Å². The summed E-state index contributed by atoms with van der Waals surface area (Å²) < 4.78 is 5.62. The first kappa shape index (κ1) is 14.8. The number of nitrogens with zero attached hydrogens (tertiary/aromatic N) is 2. The van der Waals surface area contributed by atoms with Crippen LogP contribution in [0.15, 0.2) is 47.1 Å². The fourth-order valence-electron chi connectivity index (χ4n) is 3.05. The zero-order chi connectivity index (χ0) is 15.2. The number of hydrogen-bond donors (Lipinski definition) is 1. The quantitative estimate of drug-likeness (QED) is 0.890. The van der Waals surface area contributed by atoms with Gasteiger partial charge in [0, 0.05) is 13.1 Å². The van der Waals surface area contributed by atoms with Gasteiger partial charge in [-0.1, -0.05) is 12.1 Å². The maximum Gasteiger partial charge on any atom is 0.122 e. The van der Waals surface area contributed by atoms with Gasteiger partial charge in [-0.25, -0.2) is 0 Å². The zero-order valence-electron chi connectivity index (χ0n) is 12.7. The van der Waals surface area contributed by atoms with E-state index in [0.717, 1.165) is 37.5 Å². The molecular formula is C18H21N3O. The van der Waals surface area contributed by atoms with E-state index in [-0.39, 0.29) is 6.04 Å². The van der Waals surface area contributed by atoms with Crippen LogP contribution >= 0.6 is 0 Å². The van der Waals surface area contributed by atoms with Crippen LogP contribution in [0.4, 0.5) is 0 Å². The van der Waals surface area contributed by atoms with Crippen molar-refractivity contribution in [3.05, 3.63) is 59.5 Å². The molecular weight excluding hydrogens is 274 g/mol. The van der Waals surface area contributed by atoms with Gasteiger partial charge in [-0.3, -0.25) is 4.90 Å². The largest absolute Gasteiger partial charge is 0.468 e. The van der Waals surface area contributed by atoms with Crippen LogP contribution in [0.1, 0.15) is 35.8 Å². The molecule has 1 atom stereocenters. The van der Waals surface area contributed by atoms with Gasteiger partial charge in [-0.2, -0.15) is 5.26 Å². The lowest BCUT2D eigenvalue weighted by Gasteiger charge is -2.26. The summed E-state index contributed by atoms with van der Waals surface area (Å²) >= 11 is 0. The molecule has 4 heteroatoms. The SMILES string of the molecule is N#Cc1cccc(CNC[C@@H](c2ccco2)N2CCCC2)c1. The summed E-state index contributed by atoms with van der Waals surface area (Å²) in [6, 6.07) is 14.2. The number of nitriles is 1. The smallest absolute Gasteiger partial charge is 0.122 e. The van der Waals surface area contributed by atoms with E-state index < -0.39 is 0 Å². The predicted octanol–water partition coefficient (Wildman–Crippen LogP) is 3.08. The highest BCUT2D eigenvalue weighted by Gasteiger charge is 2.24. The lowest BCUT2D eigenvalue weighted by Crippen LogP contribution is -2.33. The van der Waals surface area contributed by atoms with Crippen molar-refractivity contribution in [3.63, 3.8) is 0 Å². The molecule has 2 heterocycles. The number of rotatable bonds is 6. The summed E-state index contributed by atoms with van der Waals surface area (Å²) in [5.74, 6) is 1.03. The monoisotopic (exact) mass is 295 g/mol. The van der Waals surface area contributed by atoms with Gasteiger partial charge in [0.05, 0.1) is 23.9 Å². The van der Waals surface area contributed by atoms with Crippen LogP contribution < -0.4 is 5.32 Å². The molecule has 0 aliphatic carbocycles. The average molecular weight is 295 g/mol. The highest BCUT2D eigenvalue weighted by molar-refractivity contribution is 5.32. The summed E-state index contributed by atoms with van der Waals surface area (Å²) in [5, 5.41) is 12.5. The van der Waals surface area contributed by atoms with Crippen LogP contribution in [-0.4, -0.2) is 24.5 Å². The topological polar surface area (TPSA) is 52.2 Å². The number of nitrogens with one attached hydrogen (secondary N) is 1. The fourth-order valence-corrected chi connectivity index (χ4v) is 3.05. The Morgan fingerprint density at radius 1 is 1.23 bits per heavy atom. The predicted molar refractivity (Wildman–Crippen MR) is 85.1 cm³/mol. The first-order valence-corrected chi connectivity index (χ1v) is 7.84. The molecule has 1 fully saturated rings. The molecule has 22 heavy (non-hydrogen) atoms.